The highest BCUT2D eigenvalue weighted by atomic mass is 15.4. The van der Waals surface area contributed by atoms with Crippen molar-refractivity contribution in [1.82, 2.24) is 25.2 Å². The van der Waals surface area contributed by atoms with Crippen molar-refractivity contribution >= 4 is 0 Å². The molecule has 0 atom stereocenters. The minimum atomic E-state index is 0.735. The number of nitrogens with one attached hydrogen (secondary N) is 1. The SMILES string of the molecule is CN(CCn1cc(CNC2CC2)nn1)CC1CCC1. The smallest absolute Gasteiger partial charge is 0.0964 e. The number of aromatic nitrogens is 3. The molecule has 1 aromatic heterocycles. The van der Waals surface area contributed by atoms with E-state index in [4.69, 9.17) is 0 Å². The fourth-order valence-electron chi connectivity index (χ4n) is 2.55. The Labute approximate surface area is 115 Å². The van der Waals surface area contributed by atoms with Crippen LogP contribution in [-0.4, -0.2) is 46.1 Å². The molecule has 0 unspecified atom stereocenters. The Morgan fingerprint density at radius 2 is 2.21 bits per heavy atom. The monoisotopic (exact) mass is 263 g/mol. The molecule has 0 radical (unpaired) electrons. The topological polar surface area (TPSA) is 46.0 Å². The second kappa shape index (κ2) is 6.01. The van der Waals surface area contributed by atoms with E-state index in [0.717, 1.165) is 37.3 Å². The summed E-state index contributed by atoms with van der Waals surface area (Å²) in [7, 11) is 2.21. The Morgan fingerprint density at radius 1 is 1.37 bits per heavy atom. The lowest BCUT2D eigenvalue weighted by molar-refractivity contribution is 0.199. The first-order valence-electron chi connectivity index (χ1n) is 7.60. The Morgan fingerprint density at radius 3 is 2.89 bits per heavy atom. The molecule has 2 fully saturated rings. The molecule has 0 amide bonds. The van der Waals surface area contributed by atoms with E-state index in [-0.39, 0.29) is 0 Å². The van der Waals surface area contributed by atoms with Crippen molar-refractivity contribution in [1.29, 1.82) is 0 Å². The van der Waals surface area contributed by atoms with Gasteiger partial charge in [-0.15, -0.1) is 5.10 Å². The predicted octanol–water partition coefficient (Wildman–Crippen LogP) is 1.26. The molecule has 19 heavy (non-hydrogen) atoms. The quantitative estimate of drug-likeness (QED) is 0.767. The predicted molar refractivity (Wildman–Crippen MR) is 74.7 cm³/mol. The molecule has 0 aliphatic heterocycles. The third kappa shape index (κ3) is 4.01. The molecule has 0 bridgehead atoms. The minimum Gasteiger partial charge on any atom is -0.308 e. The first-order valence-corrected chi connectivity index (χ1v) is 7.60. The maximum Gasteiger partial charge on any atom is 0.0964 e. The molecule has 0 saturated heterocycles. The van der Waals surface area contributed by atoms with Crippen molar-refractivity contribution in [2.75, 3.05) is 20.1 Å². The molecule has 106 valence electrons. The van der Waals surface area contributed by atoms with Crippen molar-refractivity contribution in [2.24, 2.45) is 5.92 Å². The van der Waals surface area contributed by atoms with Crippen molar-refractivity contribution in [2.45, 2.75) is 51.2 Å². The summed E-state index contributed by atoms with van der Waals surface area (Å²) in [4.78, 5) is 2.42. The summed E-state index contributed by atoms with van der Waals surface area (Å²) in [5.74, 6) is 0.944. The average molecular weight is 263 g/mol. The normalized spacial score (nSPS) is 19.9. The summed E-state index contributed by atoms with van der Waals surface area (Å²) in [5, 5.41) is 11.9. The Kier molecular flexibility index (Phi) is 4.13. The van der Waals surface area contributed by atoms with Gasteiger partial charge in [0.05, 0.1) is 12.2 Å². The molecule has 3 rings (SSSR count). The van der Waals surface area contributed by atoms with Gasteiger partial charge in [0.15, 0.2) is 0 Å². The van der Waals surface area contributed by atoms with Crippen LogP contribution < -0.4 is 5.32 Å². The van der Waals surface area contributed by atoms with Crippen LogP contribution in [0.25, 0.3) is 0 Å². The van der Waals surface area contributed by atoms with Crippen LogP contribution in [-0.2, 0) is 13.1 Å². The lowest BCUT2D eigenvalue weighted by Crippen LogP contribution is -2.31. The summed E-state index contributed by atoms with van der Waals surface area (Å²) in [6, 6.07) is 0.735. The van der Waals surface area contributed by atoms with Crippen molar-refractivity contribution < 1.29 is 0 Å². The van der Waals surface area contributed by atoms with Gasteiger partial charge in [0.25, 0.3) is 0 Å². The highest BCUT2D eigenvalue weighted by Crippen LogP contribution is 2.26. The Hall–Kier alpha value is -0.940. The fraction of sp³-hybridized carbons (Fsp3) is 0.857. The van der Waals surface area contributed by atoms with E-state index >= 15 is 0 Å². The van der Waals surface area contributed by atoms with Crippen LogP contribution in [0.15, 0.2) is 6.20 Å². The molecule has 2 saturated carbocycles. The van der Waals surface area contributed by atoms with E-state index in [0.29, 0.717) is 0 Å². The van der Waals surface area contributed by atoms with Gasteiger partial charge in [0, 0.05) is 31.9 Å². The number of hydrogen-bond acceptors (Lipinski definition) is 4. The molecule has 0 spiro atoms. The van der Waals surface area contributed by atoms with Gasteiger partial charge in [-0.05, 0) is 38.6 Å². The van der Waals surface area contributed by atoms with Crippen LogP contribution in [0.4, 0.5) is 0 Å². The lowest BCUT2D eigenvalue weighted by Gasteiger charge is -2.29. The minimum absolute atomic E-state index is 0.735. The van der Waals surface area contributed by atoms with E-state index in [1.165, 1.54) is 38.6 Å². The zero-order chi connectivity index (χ0) is 13.1. The second-order valence-corrected chi connectivity index (χ2v) is 6.19. The molecule has 2 aliphatic carbocycles. The van der Waals surface area contributed by atoms with Gasteiger partial charge < -0.3 is 10.2 Å². The lowest BCUT2D eigenvalue weighted by atomic mass is 9.85. The van der Waals surface area contributed by atoms with Crippen molar-refractivity contribution in [3.8, 4) is 0 Å². The molecule has 2 aliphatic rings. The molecule has 1 aromatic rings. The molecule has 1 N–H and O–H groups in total. The number of rotatable bonds is 8. The zero-order valence-corrected chi connectivity index (χ0v) is 11.9. The molecular weight excluding hydrogens is 238 g/mol. The van der Waals surface area contributed by atoms with Gasteiger partial charge in [-0.3, -0.25) is 4.68 Å². The maximum atomic E-state index is 4.21. The number of nitrogens with zero attached hydrogens (tertiary/aromatic N) is 4. The van der Waals surface area contributed by atoms with Gasteiger partial charge >= 0.3 is 0 Å². The average Bonchev–Trinajstić information content (AvgIpc) is 3.08. The summed E-state index contributed by atoms with van der Waals surface area (Å²) in [5.41, 5.74) is 1.06. The fourth-order valence-corrected chi connectivity index (χ4v) is 2.55. The van der Waals surface area contributed by atoms with Gasteiger partial charge in [-0.25, -0.2) is 0 Å². The van der Waals surface area contributed by atoms with Crippen molar-refractivity contribution in [3.05, 3.63) is 11.9 Å². The second-order valence-electron chi connectivity index (χ2n) is 6.19. The van der Waals surface area contributed by atoms with Crippen LogP contribution >= 0.6 is 0 Å². The standard InChI is InChI=1S/C14H25N5/c1-18(10-12-3-2-4-12)7-8-19-11-14(16-17-19)9-15-13-5-6-13/h11-13,15H,2-10H2,1H3. The zero-order valence-electron chi connectivity index (χ0n) is 11.9. The third-order valence-corrected chi connectivity index (χ3v) is 4.24. The Balaban J connectivity index is 1.36. The van der Waals surface area contributed by atoms with E-state index in [1.54, 1.807) is 0 Å². The Bertz CT molecular complexity index is 394. The van der Waals surface area contributed by atoms with E-state index < -0.39 is 0 Å². The summed E-state index contributed by atoms with van der Waals surface area (Å²) in [6.07, 6.45) is 8.99. The van der Waals surface area contributed by atoms with E-state index in [9.17, 15) is 0 Å². The summed E-state index contributed by atoms with van der Waals surface area (Å²) in [6.45, 7) is 4.11. The van der Waals surface area contributed by atoms with Crippen LogP contribution in [0, 0.1) is 5.92 Å². The van der Waals surface area contributed by atoms with E-state index in [1.807, 2.05) is 4.68 Å². The highest BCUT2D eigenvalue weighted by Gasteiger charge is 2.20. The van der Waals surface area contributed by atoms with Crippen LogP contribution in [0.3, 0.4) is 0 Å². The maximum absolute atomic E-state index is 4.21. The van der Waals surface area contributed by atoms with Crippen LogP contribution in [0.1, 0.15) is 37.8 Å². The molecule has 0 aromatic carbocycles. The summed E-state index contributed by atoms with van der Waals surface area (Å²) < 4.78 is 1.97. The molecule has 1 heterocycles. The van der Waals surface area contributed by atoms with Crippen LogP contribution in [0.2, 0.25) is 0 Å². The molecule has 5 heteroatoms. The largest absolute Gasteiger partial charge is 0.308 e. The summed E-state index contributed by atoms with van der Waals surface area (Å²) >= 11 is 0. The number of hydrogen-bond donors (Lipinski definition) is 1. The van der Waals surface area contributed by atoms with Gasteiger partial charge in [0.1, 0.15) is 0 Å². The van der Waals surface area contributed by atoms with Crippen molar-refractivity contribution in [3.63, 3.8) is 0 Å². The molecular formula is C14H25N5. The molecule has 5 nitrogen and oxygen atoms in total. The van der Waals surface area contributed by atoms with Crippen LogP contribution in [0.5, 0.6) is 0 Å². The third-order valence-electron chi connectivity index (χ3n) is 4.24. The van der Waals surface area contributed by atoms with Gasteiger partial charge in [0.2, 0.25) is 0 Å². The first-order chi connectivity index (χ1) is 9.29. The van der Waals surface area contributed by atoms with E-state index in [2.05, 4.69) is 33.8 Å². The van der Waals surface area contributed by atoms with Gasteiger partial charge in [-0.1, -0.05) is 11.6 Å². The number of likely N-dealkylation sites (N-methyl/N-ethyl adjacent to an activating group) is 1. The highest BCUT2D eigenvalue weighted by molar-refractivity contribution is 4.94. The van der Waals surface area contributed by atoms with Gasteiger partial charge in [-0.2, -0.15) is 0 Å². The first kappa shape index (κ1) is 13.1.